The third-order valence-corrected chi connectivity index (χ3v) is 7.78. The third kappa shape index (κ3) is 10.9. The van der Waals surface area contributed by atoms with Gasteiger partial charge in [-0.05, 0) is 81.1 Å². The molecule has 10 heteroatoms. The number of hydrogen-bond donors (Lipinski definition) is 2. The van der Waals surface area contributed by atoms with Crippen molar-refractivity contribution in [2.75, 3.05) is 21.1 Å². The van der Waals surface area contributed by atoms with Gasteiger partial charge in [0.15, 0.2) is 0 Å². The number of nitrogens with zero attached hydrogens (tertiary/aromatic N) is 2. The van der Waals surface area contributed by atoms with E-state index in [1.165, 1.54) is 42.1 Å². The second kappa shape index (κ2) is 15.7. The van der Waals surface area contributed by atoms with E-state index in [-0.39, 0.29) is 18.7 Å². The topological polar surface area (TPSA) is 108 Å². The molecule has 2 atom stereocenters. The fourth-order valence-corrected chi connectivity index (χ4v) is 5.14. The first-order valence-corrected chi connectivity index (χ1v) is 15.6. The first kappa shape index (κ1) is 36.7. The van der Waals surface area contributed by atoms with Crippen LogP contribution in [0.3, 0.4) is 0 Å². The van der Waals surface area contributed by atoms with E-state index in [1.54, 1.807) is 46.0 Å². The predicted molar refractivity (Wildman–Crippen MR) is 182 cm³/mol. The number of carbonyl (C=O) groups is 4. The number of halogens is 1. The zero-order chi connectivity index (χ0) is 34.9. The zero-order valence-corrected chi connectivity index (χ0v) is 28.6. The Balaban J connectivity index is 1.87. The van der Waals surface area contributed by atoms with Crippen LogP contribution in [0.25, 0.3) is 10.8 Å². The molecule has 0 fully saturated rings. The average molecular weight is 647 g/mol. The molecule has 252 valence electrons. The molecule has 3 aromatic rings. The van der Waals surface area contributed by atoms with Crippen molar-refractivity contribution in [3.05, 3.63) is 95.8 Å². The van der Waals surface area contributed by atoms with Crippen molar-refractivity contribution >= 4 is 34.6 Å². The monoisotopic (exact) mass is 646 g/mol. The second-order valence-electron chi connectivity index (χ2n) is 13.4. The fourth-order valence-electron chi connectivity index (χ4n) is 5.14. The Hall–Kier alpha value is -4.73. The number of ether oxygens (including phenoxy) is 1. The van der Waals surface area contributed by atoms with Gasteiger partial charge in [0.05, 0.1) is 0 Å². The van der Waals surface area contributed by atoms with Crippen LogP contribution in [0.5, 0.6) is 0 Å². The number of fused-ring (bicyclic) bond motifs is 1. The molecule has 0 saturated carbocycles. The minimum Gasteiger partial charge on any atom is -0.444 e. The minimum absolute atomic E-state index is 0.155. The average Bonchev–Trinajstić information content (AvgIpc) is 3.00. The van der Waals surface area contributed by atoms with Crippen molar-refractivity contribution in [1.82, 2.24) is 20.4 Å². The van der Waals surface area contributed by atoms with Crippen molar-refractivity contribution in [1.29, 1.82) is 0 Å². The number of rotatable bonds is 12. The number of likely N-dealkylation sites (N-methyl/N-ethyl adjacent to an activating group) is 3. The molecule has 0 aliphatic heterocycles. The van der Waals surface area contributed by atoms with Gasteiger partial charge in [-0.2, -0.15) is 0 Å². The summed E-state index contributed by atoms with van der Waals surface area (Å²) in [4.78, 5) is 55.8. The number of benzene rings is 3. The van der Waals surface area contributed by atoms with E-state index in [9.17, 15) is 23.6 Å². The molecule has 0 saturated heterocycles. The maximum atomic E-state index is 14.2. The quantitative estimate of drug-likeness (QED) is 0.256. The van der Waals surface area contributed by atoms with Gasteiger partial charge in [-0.15, -0.1) is 0 Å². The highest BCUT2D eigenvalue weighted by Crippen LogP contribution is 2.21. The Kier molecular flexibility index (Phi) is 12.3. The van der Waals surface area contributed by atoms with Crippen LogP contribution < -0.4 is 10.6 Å². The van der Waals surface area contributed by atoms with Gasteiger partial charge >= 0.3 is 6.09 Å². The largest absolute Gasteiger partial charge is 0.444 e. The lowest BCUT2D eigenvalue weighted by atomic mass is 9.98. The molecule has 0 bridgehead atoms. The molecular weight excluding hydrogens is 599 g/mol. The van der Waals surface area contributed by atoms with Crippen molar-refractivity contribution in [2.45, 2.75) is 77.1 Å². The second-order valence-corrected chi connectivity index (χ2v) is 13.4. The molecule has 0 heterocycles. The summed E-state index contributed by atoms with van der Waals surface area (Å²) >= 11 is 0. The van der Waals surface area contributed by atoms with Crippen LogP contribution in [0.15, 0.2) is 78.9 Å². The normalized spacial score (nSPS) is 13.1. The number of nitrogens with one attached hydrogen (secondary N) is 2. The molecule has 0 aliphatic carbocycles. The van der Waals surface area contributed by atoms with E-state index in [1.807, 2.05) is 56.3 Å². The van der Waals surface area contributed by atoms with E-state index in [0.29, 0.717) is 12.0 Å². The lowest BCUT2D eigenvalue weighted by Gasteiger charge is -2.34. The van der Waals surface area contributed by atoms with Crippen molar-refractivity contribution in [3.63, 3.8) is 0 Å². The highest BCUT2D eigenvalue weighted by molar-refractivity contribution is 5.95. The Labute approximate surface area is 277 Å². The molecular formula is C37H47FN4O5. The fraction of sp³-hybridized carbons (Fsp3) is 0.405. The smallest absolute Gasteiger partial charge is 0.408 e. The van der Waals surface area contributed by atoms with E-state index in [0.717, 1.165) is 16.3 Å². The lowest BCUT2D eigenvalue weighted by Crippen LogP contribution is -2.55. The van der Waals surface area contributed by atoms with E-state index in [2.05, 4.69) is 10.6 Å². The maximum Gasteiger partial charge on any atom is 0.408 e. The molecule has 2 N–H and O–H groups in total. The van der Waals surface area contributed by atoms with Crippen LogP contribution in [-0.2, 0) is 32.0 Å². The van der Waals surface area contributed by atoms with Crippen LogP contribution >= 0.6 is 0 Å². The summed E-state index contributed by atoms with van der Waals surface area (Å²) < 4.78 is 18.9. The SMILES string of the molecule is CNC(=O)[C@@H](Cc1ccc(F)cc1)N(C)C(=O)[C@@H](Cc1ccc2ccccc2c1)N(C)C(=O)/C=C/CC(C)(C)NC(=O)OC(C)(C)C. The number of carbonyl (C=O) groups excluding carboxylic acids is 4. The van der Waals surface area contributed by atoms with Crippen LogP contribution in [0, 0.1) is 5.82 Å². The van der Waals surface area contributed by atoms with Crippen LogP contribution in [0.1, 0.15) is 52.2 Å². The summed E-state index contributed by atoms with van der Waals surface area (Å²) in [5, 5.41) is 7.48. The molecule has 0 radical (unpaired) electrons. The lowest BCUT2D eigenvalue weighted by molar-refractivity contribution is -0.146. The van der Waals surface area contributed by atoms with Gasteiger partial charge < -0.3 is 25.2 Å². The van der Waals surface area contributed by atoms with Crippen molar-refractivity contribution in [2.24, 2.45) is 0 Å². The highest BCUT2D eigenvalue weighted by Gasteiger charge is 2.34. The van der Waals surface area contributed by atoms with Crippen LogP contribution in [-0.4, -0.2) is 78.0 Å². The Morgan fingerprint density at radius 3 is 2.04 bits per heavy atom. The summed E-state index contributed by atoms with van der Waals surface area (Å²) in [6, 6.07) is 17.7. The van der Waals surface area contributed by atoms with Gasteiger partial charge in [0.25, 0.3) is 0 Å². The first-order chi connectivity index (χ1) is 22.0. The Morgan fingerprint density at radius 2 is 1.43 bits per heavy atom. The maximum absolute atomic E-state index is 14.2. The predicted octanol–water partition coefficient (Wildman–Crippen LogP) is 5.41. The minimum atomic E-state index is -0.952. The molecule has 0 unspecified atom stereocenters. The number of amides is 4. The molecule has 9 nitrogen and oxygen atoms in total. The van der Waals surface area contributed by atoms with E-state index < -0.39 is 46.9 Å². The van der Waals surface area contributed by atoms with Gasteiger partial charge in [0, 0.05) is 39.5 Å². The molecule has 4 amide bonds. The van der Waals surface area contributed by atoms with Crippen LogP contribution in [0.4, 0.5) is 9.18 Å². The standard InChI is InChI=1S/C37H47FN4O5/c1-36(2,3)47-35(46)40-37(4,5)21-11-14-32(43)41(7)31(24-26-15-18-27-12-9-10-13-28(27)22-26)34(45)42(8)30(33(44)39-6)23-25-16-19-29(38)20-17-25/h9-20,22,30-31H,21,23-24H2,1-8H3,(H,39,44)(H,40,46)/b14-11+/t30-,31-/m1/s1. The summed E-state index contributed by atoms with van der Waals surface area (Å²) in [5.41, 5.74) is 0.168. The first-order valence-electron chi connectivity index (χ1n) is 15.6. The molecule has 0 aromatic heterocycles. The van der Waals surface area contributed by atoms with Gasteiger partial charge in [0.1, 0.15) is 23.5 Å². The Morgan fingerprint density at radius 1 is 0.830 bits per heavy atom. The number of hydrogen-bond acceptors (Lipinski definition) is 5. The summed E-state index contributed by atoms with van der Waals surface area (Å²) in [6.45, 7) is 8.97. The summed E-state index contributed by atoms with van der Waals surface area (Å²) in [5.74, 6) is -1.63. The molecule has 0 aliphatic rings. The molecule has 47 heavy (non-hydrogen) atoms. The third-order valence-electron chi connectivity index (χ3n) is 7.78. The summed E-state index contributed by atoms with van der Waals surface area (Å²) in [6.07, 6.45) is 3.16. The van der Waals surface area contributed by atoms with Crippen LogP contribution in [0.2, 0.25) is 0 Å². The number of alkyl carbamates (subject to hydrolysis) is 1. The summed E-state index contributed by atoms with van der Waals surface area (Å²) in [7, 11) is 4.59. The van der Waals surface area contributed by atoms with Gasteiger partial charge in [0.2, 0.25) is 17.7 Å². The van der Waals surface area contributed by atoms with Crippen molar-refractivity contribution < 1.29 is 28.3 Å². The van der Waals surface area contributed by atoms with E-state index >= 15 is 0 Å². The van der Waals surface area contributed by atoms with Gasteiger partial charge in [-0.1, -0.05) is 60.7 Å². The Bertz CT molecular complexity index is 1600. The highest BCUT2D eigenvalue weighted by atomic mass is 19.1. The molecule has 3 rings (SSSR count). The van der Waals surface area contributed by atoms with Gasteiger partial charge in [-0.25, -0.2) is 9.18 Å². The molecule has 0 spiro atoms. The van der Waals surface area contributed by atoms with E-state index in [4.69, 9.17) is 4.74 Å². The van der Waals surface area contributed by atoms with Gasteiger partial charge in [-0.3, -0.25) is 14.4 Å². The zero-order valence-electron chi connectivity index (χ0n) is 28.6. The molecule has 3 aromatic carbocycles. The van der Waals surface area contributed by atoms with Crippen molar-refractivity contribution in [3.8, 4) is 0 Å².